The van der Waals surface area contributed by atoms with Crippen molar-refractivity contribution in [3.63, 3.8) is 0 Å². The van der Waals surface area contributed by atoms with Crippen LogP contribution in [0.1, 0.15) is 66.3 Å². The van der Waals surface area contributed by atoms with Gasteiger partial charge in [0.25, 0.3) is 5.91 Å². The van der Waals surface area contributed by atoms with Crippen LogP contribution in [0, 0.1) is 13.8 Å². The Morgan fingerprint density at radius 3 is 2.59 bits per heavy atom. The average Bonchev–Trinajstić information content (AvgIpc) is 3.03. The number of hydrogen-bond donors (Lipinski definition) is 1. The van der Waals surface area contributed by atoms with E-state index in [1.54, 1.807) is 0 Å². The Labute approximate surface area is 135 Å². The van der Waals surface area contributed by atoms with Gasteiger partial charge in [0.15, 0.2) is 0 Å². The molecule has 2 atom stereocenters. The van der Waals surface area contributed by atoms with Crippen LogP contribution in [0.5, 0.6) is 0 Å². The summed E-state index contributed by atoms with van der Waals surface area (Å²) >= 11 is 0. The largest absolute Gasteiger partial charge is 0.348 e. The number of aryl methyl sites for hydroxylation is 1. The van der Waals surface area contributed by atoms with Crippen molar-refractivity contribution < 1.29 is 9.00 Å². The van der Waals surface area contributed by atoms with Crippen molar-refractivity contribution in [1.29, 1.82) is 0 Å². The zero-order chi connectivity index (χ0) is 15.7. The molecule has 22 heavy (non-hydrogen) atoms. The first kappa shape index (κ1) is 15.8. The van der Waals surface area contributed by atoms with E-state index in [1.807, 2.05) is 6.07 Å². The van der Waals surface area contributed by atoms with Gasteiger partial charge in [-0.1, -0.05) is 19.3 Å². The van der Waals surface area contributed by atoms with Crippen LogP contribution in [0.4, 0.5) is 0 Å². The molecule has 2 fully saturated rings. The lowest BCUT2D eigenvalue weighted by molar-refractivity contribution is 0.0940. The van der Waals surface area contributed by atoms with E-state index in [0.717, 1.165) is 17.7 Å². The summed E-state index contributed by atoms with van der Waals surface area (Å²) in [5, 5.41) is 3.06. The van der Waals surface area contributed by atoms with Crippen LogP contribution >= 0.6 is 0 Å². The van der Waals surface area contributed by atoms with Gasteiger partial charge in [-0.05, 0) is 39.2 Å². The van der Waals surface area contributed by atoms with Gasteiger partial charge in [-0.2, -0.15) is 0 Å². The highest BCUT2D eigenvalue weighted by Gasteiger charge is 2.26. The molecule has 1 aromatic rings. The molecule has 4 nitrogen and oxygen atoms in total. The molecule has 3 rings (SSSR count). The van der Waals surface area contributed by atoms with Crippen molar-refractivity contribution in [2.75, 3.05) is 11.5 Å². The zero-order valence-corrected chi connectivity index (χ0v) is 14.4. The molecule has 0 bridgehead atoms. The molecule has 122 valence electrons. The van der Waals surface area contributed by atoms with Crippen molar-refractivity contribution in [1.82, 2.24) is 9.88 Å². The number of carbonyl (C=O) groups excluding carboxylic acids is 1. The maximum atomic E-state index is 12.6. The Bertz CT molecular complexity index is 588. The van der Waals surface area contributed by atoms with E-state index in [4.69, 9.17) is 0 Å². The molecule has 0 unspecified atom stereocenters. The second-order valence-corrected chi connectivity index (χ2v) is 8.34. The molecule has 1 amide bonds. The third-order valence-electron chi connectivity index (χ3n) is 5.09. The molecule has 0 radical (unpaired) electrons. The smallest absolute Gasteiger partial charge is 0.253 e. The lowest BCUT2D eigenvalue weighted by Crippen LogP contribution is -2.35. The van der Waals surface area contributed by atoms with Crippen LogP contribution in [-0.4, -0.2) is 32.2 Å². The van der Waals surface area contributed by atoms with Crippen molar-refractivity contribution in [3.05, 3.63) is 23.0 Å². The number of nitrogens with zero attached hydrogens (tertiary/aromatic N) is 1. The molecule has 0 aromatic carbocycles. The molecule has 1 N–H and O–H groups in total. The van der Waals surface area contributed by atoms with Crippen molar-refractivity contribution in [2.24, 2.45) is 0 Å². The van der Waals surface area contributed by atoms with Gasteiger partial charge >= 0.3 is 0 Å². The van der Waals surface area contributed by atoms with Gasteiger partial charge in [0.2, 0.25) is 0 Å². The molecule has 1 aromatic heterocycles. The van der Waals surface area contributed by atoms with Gasteiger partial charge in [0, 0.05) is 45.8 Å². The summed E-state index contributed by atoms with van der Waals surface area (Å²) in [5.41, 5.74) is 3.06. The third-order valence-corrected chi connectivity index (χ3v) is 6.55. The van der Waals surface area contributed by atoms with Gasteiger partial charge < -0.3 is 9.88 Å². The molecule has 1 saturated carbocycles. The lowest BCUT2D eigenvalue weighted by Gasteiger charge is -2.26. The summed E-state index contributed by atoms with van der Waals surface area (Å²) in [6, 6.07) is 2.64. The summed E-state index contributed by atoms with van der Waals surface area (Å²) in [4.78, 5) is 12.6. The van der Waals surface area contributed by atoms with E-state index in [1.165, 1.54) is 37.8 Å². The minimum absolute atomic E-state index is 0.000871. The van der Waals surface area contributed by atoms with Crippen molar-refractivity contribution in [3.8, 4) is 0 Å². The fourth-order valence-corrected chi connectivity index (χ4v) is 5.36. The predicted molar refractivity (Wildman–Crippen MR) is 89.8 cm³/mol. The van der Waals surface area contributed by atoms with Crippen LogP contribution < -0.4 is 5.32 Å². The molecule has 1 aliphatic heterocycles. The fourth-order valence-electron chi connectivity index (χ4n) is 3.95. The van der Waals surface area contributed by atoms with Gasteiger partial charge in [-0.15, -0.1) is 0 Å². The molecule has 2 aliphatic rings. The van der Waals surface area contributed by atoms with Crippen molar-refractivity contribution in [2.45, 2.75) is 64.5 Å². The molecule has 1 saturated heterocycles. The van der Waals surface area contributed by atoms with E-state index in [0.29, 0.717) is 17.5 Å². The number of hydrogen-bond acceptors (Lipinski definition) is 2. The average molecular weight is 322 g/mol. The number of carbonyl (C=O) groups is 1. The first-order chi connectivity index (χ1) is 10.6. The van der Waals surface area contributed by atoms with Gasteiger partial charge in [-0.25, -0.2) is 0 Å². The van der Waals surface area contributed by atoms with Crippen LogP contribution in [0.25, 0.3) is 0 Å². The Balaban J connectivity index is 1.76. The van der Waals surface area contributed by atoms with E-state index in [9.17, 15) is 9.00 Å². The summed E-state index contributed by atoms with van der Waals surface area (Å²) in [5.74, 6) is 1.32. The molecule has 5 heteroatoms. The third kappa shape index (κ3) is 3.14. The maximum Gasteiger partial charge on any atom is 0.253 e. The molecular formula is C17H26N2O2S. The lowest BCUT2D eigenvalue weighted by atomic mass is 9.95. The Kier molecular flexibility index (Phi) is 4.71. The van der Waals surface area contributed by atoms with Gasteiger partial charge in [0.1, 0.15) is 0 Å². The minimum atomic E-state index is -0.754. The second-order valence-electron chi connectivity index (χ2n) is 6.72. The fraction of sp³-hybridized carbons (Fsp3) is 0.706. The predicted octanol–water partition coefficient (Wildman–Crippen LogP) is 2.86. The van der Waals surface area contributed by atoms with E-state index in [2.05, 4.69) is 23.7 Å². The standard InChI is InChI=1S/C17H26N2O2S/c1-12-10-16(17(20)18-14-8-9-22(21)11-14)13(2)19(12)15-6-4-3-5-7-15/h10,14-15H,3-9,11H2,1-2H3,(H,18,20)/t14-,22-/m1/s1. The summed E-state index contributed by atoms with van der Waals surface area (Å²) in [6.07, 6.45) is 7.19. The maximum absolute atomic E-state index is 12.6. The van der Waals surface area contributed by atoms with Crippen LogP contribution in [0.3, 0.4) is 0 Å². The number of aromatic nitrogens is 1. The Morgan fingerprint density at radius 2 is 1.95 bits per heavy atom. The number of amides is 1. The Hall–Kier alpha value is -1.10. The van der Waals surface area contributed by atoms with E-state index in [-0.39, 0.29) is 11.9 Å². The molecule has 0 spiro atoms. The first-order valence-corrected chi connectivity index (χ1v) is 9.89. The molecule has 1 aliphatic carbocycles. The highest BCUT2D eigenvalue weighted by Crippen LogP contribution is 2.32. The monoisotopic (exact) mass is 322 g/mol. The van der Waals surface area contributed by atoms with E-state index >= 15 is 0 Å². The number of rotatable bonds is 3. The highest BCUT2D eigenvalue weighted by atomic mass is 32.2. The van der Waals surface area contributed by atoms with E-state index < -0.39 is 10.8 Å². The molecular weight excluding hydrogens is 296 g/mol. The van der Waals surface area contributed by atoms with Crippen LogP contribution in [-0.2, 0) is 10.8 Å². The van der Waals surface area contributed by atoms with Gasteiger partial charge in [-0.3, -0.25) is 9.00 Å². The molecule has 2 heterocycles. The first-order valence-electron chi connectivity index (χ1n) is 8.40. The van der Waals surface area contributed by atoms with Crippen LogP contribution in [0.2, 0.25) is 0 Å². The highest BCUT2D eigenvalue weighted by molar-refractivity contribution is 7.85. The van der Waals surface area contributed by atoms with Gasteiger partial charge in [0.05, 0.1) is 5.56 Å². The second kappa shape index (κ2) is 6.57. The minimum Gasteiger partial charge on any atom is -0.348 e. The summed E-state index contributed by atoms with van der Waals surface area (Å²) in [7, 11) is -0.754. The van der Waals surface area contributed by atoms with Crippen LogP contribution in [0.15, 0.2) is 6.07 Å². The normalized spacial score (nSPS) is 26.3. The summed E-state index contributed by atoms with van der Waals surface area (Å²) in [6.45, 7) is 4.16. The topological polar surface area (TPSA) is 51.1 Å². The quantitative estimate of drug-likeness (QED) is 0.930. The number of nitrogens with one attached hydrogen (secondary N) is 1. The van der Waals surface area contributed by atoms with Crippen molar-refractivity contribution >= 4 is 16.7 Å². The Morgan fingerprint density at radius 1 is 1.23 bits per heavy atom. The summed E-state index contributed by atoms with van der Waals surface area (Å²) < 4.78 is 13.8. The zero-order valence-electron chi connectivity index (χ0n) is 13.6. The SMILES string of the molecule is Cc1cc(C(=O)N[C@@H]2CC[S@@](=O)C2)c(C)n1C1CCCCC1.